The third-order valence-electron chi connectivity index (χ3n) is 7.81. The van der Waals surface area contributed by atoms with Crippen molar-refractivity contribution < 1.29 is 28.7 Å². The topological polar surface area (TPSA) is 140 Å². The van der Waals surface area contributed by atoms with E-state index < -0.39 is 35.1 Å². The highest BCUT2D eigenvalue weighted by Gasteiger charge is 2.43. The molecule has 2 aliphatic rings. The molecule has 0 spiro atoms. The number of rotatable bonds is 10. The van der Waals surface area contributed by atoms with Gasteiger partial charge in [-0.1, -0.05) is 49.6 Å². The van der Waals surface area contributed by atoms with Gasteiger partial charge < -0.3 is 30.7 Å². The molecular weight excluding hydrogens is 536 g/mol. The van der Waals surface area contributed by atoms with Gasteiger partial charge in [0.2, 0.25) is 11.8 Å². The molecule has 1 unspecified atom stereocenters. The van der Waals surface area contributed by atoms with E-state index in [9.17, 15) is 19.2 Å². The first kappa shape index (κ1) is 31.0. The van der Waals surface area contributed by atoms with Crippen LogP contribution in [0.15, 0.2) is 42.5 Å². The van der Waals surface area contributed by atoms with Crippen molar-refractivity contribution in [1.82, 2.24) is 15.5 Å². The average molecular weight is 579 g/mol. The molecule has 4 N–H and O–H groups in total. The van der Waals surface area contributed by atoms with E-state index in [0.29, 0.717) is 38.1 Å². The SMILES string of the molecule is COCCN1Cc2cc(-c3ccc(CC(NC(=O)C4(NC(=O)OC(C)(C)C)CCCCC4)C(N)=O)cc3)ccc2C1=O. The molecule has 1 aliphatic heterocycles. The lowest BCUT2D eigenvalue weighted by atomic mass is 9.80. The third kappa shape index (κ3) is 7.47. The summed E-state index contributed by atoms with van der Waals surface area (Å²) in [4.78, 5) is 53.0. The Bertz CT molecular complexity index is 1310. The van der Waals surface area contributed by atoms with Crippen molar-refractivity contribution in [1.29, 1.82) is 0 Å². The molecule has 1 aliphatic carbocycles. The van der Waals surface area contributed by atoms with Gasteiger partial charge in [-0.2, -0.15) is 0 Å². The van der Waals surface area contributed by atoms with Crippen LogP contribution in [0.25, 0.3) is 11.1 Å². The number of hydrogen-bond donors (Lipinski definition) is 3. The van der Waals surface area contributed by atoms with Gasteiger partial charge in [-0.05, 0) is 68.0 Å². The van der Waals surface area contributed by atoms with E-state index >= 15 is 0 Å². The maximum Gasteiger partial charge on any atom is 0.408 e. The molecule has 1 fully saturated rings. The van der Waals surface area contributed by atoms with Crippen LogP contribution in [0, 0.1) is 0 Å². The van der Waals surface area contributed by atoms with E-state index in [2.05, 4.69) is 10.6 Å². The summed E-state index contributed by atoms with van der Waals surface area (Å²) in [6, 6.07) is 12.6. The Morgan fingerprint density at radius 3 is 2.31 bits per heavy atom. The quantitative estimate of drug-likeness (QED) is 0.393. The number of ether oxygens (including phenoxy) is 2. The van der Waals surface area contributed by atoms with Gasteiger partial charge in [-0.25, -0.2) is 4.79 Å². The molecule has 0 aromatic heterocycles. The number of hydrogen-bond acceptors (Lipinski definition) is 6. The summed E-state index contributed by atoms with van der Waals surface area (Å²) in [5.41, 5.74) is 8.30. The van der Waals surface area contributed by atoms with Crippen molar-refractivity contribution in [2.75, 3.05) is 20.3 Å². The highest BCUT2D eigenvalue weighted by Crippen LogP contribution is 2.30. The number of carbonyl (C=O) groups excluding carboxylic acids is 4. The molecule has 2 aromatic rings. The lowest BCUT2D eigenvalue weighted by Gasteiger charge is -2.37. The van der Waals surface area contributed by atoms with Crippen molar-refractivity contribution in [3.63, 3.8) is 0 Å². The molecule has 10 nitrogen and oxygen atoms in total. The van der Waals surface area contributed by atoms with Crippen molar-refractivity contribution >= 4 is 23.8 Å². The Labute approximate surface area is 247 Å². The van der Waals surface area contributed by atoms with Crippen molar-refractivity contribution in [2.45, 2.75) is 83.0 Å². The van der Waals surface area contributed by atoms with Crippen LogP contribution >= 0.6 is 0 Å². The first-order chi connectivity index (χ1) is 19.9. The largest absolute Gasteiger partial charge is 0.444 e. The minimum absolute atomic E-state index is 0.0137. The monoisotopic (exact) mass is 578 g/mol. The Morgan fingerprint density at radius 1 is 1.02 bits per heavy atom. The summed E-state index contributed by atoms with van der Waals surface area (Å²) in [6.45, 7) is 6.87. The number of carbonyl (C=O) groups is 4. The predicted molar refractivity (Wildman–Crippen MR) is 159 cm³/mol. The minimum Gasteiger partial charge on any atom is -0.444 e. The van der Waals surface area contributed by atoms with Crippen molar-refractivity contribution in [3.8, 4) is 11.1 Å². The summed E-state index contributed by atoms with van der Waals surface area (Å²) in [5.74, 6) is -1.07. The van der Waals surface area contributed by atoms with Crippen LogP contribution in [0.1, 0.15) is 74.4 Å². The average Bonchev–Trinajstić information content (AvgIpc) is 3.25. The molecule has 1 heterocycles. The highest BCUT2D eigenvalue weighted by molar-refractivity contribution is 5.99. The molecule has 0 bridgehead atoms. The maximum atomic E-state index is 13.5. The zero-order chi connectivity index (χ0) is 30.5. The molecular formula is C32H42N4O6. The van der Waals surface area contributed by atoms with Crippen LogP contribution in [0.5, 0.6) is 0 Å². The molecule has 4 amide bonds. The third-order valence-corrected chi connectivity index (χ3v) is 7.81. The number of nitrogens with one attached hydrogen (secondary N) is 2. The number of amides is 4. The smallest absolute Gasteiger partial charge is 0.408 e. The molecule has 4 rings (SSSR count). The van der Waals surface area contributed by atoms with Gasteiger partial charge in [0.15, 0.2) is 0 Å². The maximum absolute atomic E-state index is 13.5. The van der Waals surface area contributed by atoms with E-state index in [1.807, 2.05) is 42.5 Å². The number of benzene rings is 2. The fraction of sp³-hybridized carbons (Fsp3) is 0.500. The number of fused-ring (bicyclic) bond motifs is 1. The summed E-state index contributed by atoms with van der Waals surface area (Å²) < 4.78 is 10.5. The Balaban J connectivity index is 1.44. The lowest BCUT2D eigenvalue weighted by molar-refractivity contribution is -0.133. The Hall–Kier alpha value is -3.92. The van der Waals surface area contributed by atoms with Gasteiger partial charge in [0.25, 0.3) is 5.91 Å². The summed E-state index contributed by atoms with van der Waals surface area (Å²) in [5, 5.41) is 5.61. The Kier molecular flexibility index (Phi) is 9.56. The second-order valence-electron chi connectivity index (χ2n) is 12.2. The lowest BCUT2D eigenvalue weighted by Crippen LogP contribution is -2.63. The van der Waals surface area contributed by atoms with E-state index in [-0.39, 0.29) is 12.3 Å². The van der Waals surface area contributed by atoms with Crippen LogP contribution in [0.4, 0.5) is 4.79 Å². The van der Waals surface area contributed by atoms with Crippen LogP contribution in [0.2, 0.25) is 0 Å². The molecule has 42 heavy (non-hydrogen) atoms. The van der Waals surface area contributed by atoms with E-state index in [4.69, 9.17) is 15.2 Å². The molecule has 0 radical (unpaired) electrons. The number of primary amides is 1. The number of nitrogens with zero attached hydrogens (tertiary/aromatic N) is 1. The molecule has 1 atom stereocenters. The summed E-state index contributed by atoms with van der Waals surface area (Å²) in [7, 11) is 1.62. The van der Waals surface area contributed by atoms with Crippen LogP contribution < -0.4 is 16.4 Å². The number of methoxy groups -OCH3 is 1. The number of nitrogens with two attached hydrogens (primary N) is 1. The molecule has 1 saturated carbocycles. The van der Waals surface area contributed by atoms with E-state index in [0.717, 1.165) is 41.5 Å². The standard InChI is InChI=1S/C32H42N4O6/c1-31(2,3)42-30(40)35-32(14-6-5-7-15-32)29(39)34-26(27(33)37)18-21-8-10-22(11-9-21)23-12-13-25-24(19-23)20-36(28(25)38)16-17-41-4/h8-13,19,26H,5-7,14-18,20H2,1-4H3,(H2,33,37)(H,34,39)(H,35,40). The molecule has 2 aromatic carbocycles. The fourth-order valence-corrected chi connectivity index (χ4v) is 5.59. The molecule has 10 heteroatoms. The molecule has 226 valence electrons. The van der Waals surface area contributed by atoms with Crippen LogP contribution in [-0.2, 0) is 32.0 Å². The van der Waals surface area contributed by atoms with Crippen molar-refractivity contribution in [3.05, 3.63) is 59.2 Å². The second kappa shape index (κ2) is 12.9. The van der Waals surface area contributed by atoms with Gasteiger partial charge in [0, 0.05) is 32.2 Å². The normalized spacial score (nSPS) is 16.9. The van der Waals surface area contributed by atoms with Crippen LogP contribution in [0.3, 0.4) is 0 Å². The van der Waals surface area contributed by atoms with Gasteiger partial charge in [0.05, 0.1) is 6.61 Å². The van der Waals surface area contributed by atoms with Gasteiger partial charge in [-0.15, -0.1) is 0 Å². The number of alkyl carbamates (subject to hydrolysis) is 1. The highest BCUT2D eigenvalue weighted by atomic mass is 16.6. The molecule has 0 saturated heterocycles. The van der Waals surface area contributed by atoms with Gasteiger partial charge >= 0.3 is 6.09 Å². The first-order valence-electron chi connectivity index (χ1n) is 14.5. The van der Waals surface area contributed by atoms with Gasteiger partial charge in [-0.3, -0.25) is 14.4 Å². The predicted octanol–water partition coefficient (Wildman–Crippen LogP) is 3.70. The Morgan fingerprint density at radius 2 is 1.69 bits per heavy atom. The second-order valence-corrected chi connectivity index (χ2v) is 12.2. The van der Waals surface area contributed by atoms with Crippen LogP contribution in [-0.4, -0.2) is 66.2 Å². The van der Waals surface area contributed by atoms with E-state index in [1.54, 1.807) is 32.8 Å². The summed E-state index contributed by atoms with van der Waals surface area (Å²) >= 11 is 0. The van der Waals surface area contributed by atoms with E-state index in [1.165, 1.54) is 0 Å². The fourth-order valence-electron chi connectivity index (χ4n) is 5.59. The minimum atomic E-state index is -1.16. The first-order valence-corrected chi connectivity index (χ1v) is 14.5. The van der Waals surface area contributed by atoms with Crippen molar-refractivity contribution in [2.24, 2.45) is 5.73 Å². The summed E-state index contributed by atoms with van der Waals surface area (Å²) in [6.07, 6.45) is 2.95. The zero-order valence-electron chi connectivity index (χ0n) is 25.0. The van der Waals surface area contributed by atoms with Gasteiger partial charge in [0.1, 0.15) is 17.2 Å². The zero-order valence-corrected chi connectivity index (χ0v) is 25.0.